The summed E-state index contributed by atoms with van der Waals surface area (Å²) in [5, 5.41) is 9.90. The van der Waals surface area contributed by atoms with Crippen molar-refractivity contribution < 1.29 is 23.4 Å². The van der Waals surface area contributed by atoms with Crippen molar-refractivity contribution in [3.05, 3.63) is 95.6 Å². The molecule has 0 radical (unpaired) electrons. The van der Waals surface area contributed by atoms with Crippen LogP contribution in [0.15, 0.2) is 73.1 Å². The van der Waals surface area contributed by atoms with E-state index in [0.29, 0.717) is 5.56 Å². The van der Waals surface area contributed by atoms with Gasteiger partial charge < -0.3 is 9.84 Å². The summed E-state index contributed by atoms with van der Waals surface area (Å²) in [7, 11) is 0. The van der Waals surface area contributed by atoms with Crippen LogP contribution in [0.5, 0.6) is 11.5 Å². The highest BCUT2D eigenvalue weighted by atomic mass is 19.1. The smallest absolute Gasteiger partial charge is 0.343 e. The predicted octanol–water partition coefficient (Wildman–Crippen LogP) is 6.52. The van der Waals surface area contributed by atoms with Crippen LogP contribution in [0.25, 0.3) is 11.1 Å². The van der Waals surface area contributed by atoms with Crippen molar-refractivity contribution in [2.24, 2.45) is 0 Å². The van der Waals surface area contributed by atoms with Crippen molar-refractivity contribution in [1.29, 1.82) is 0 Å². The predicted molar refractivity (Wildman–Crippen MR) is 110 cm³/mol. The lowest BCUT2D eigenvalue weighted by Gasteiger charge is -2.10. The molecule has 3 rings (SSSR count). The first-order valence-corrected chi connectivity index (χ1v) is 8.87. The maximum Gasteiger partial charge on any atom is 0.343 e. The molecule has 5 heteroatoms. The van der Waals surface area contributed by atoms with Crippen LogP contribution in [-0.4, -0.2) is 11.1 Å². The Balaban J connectivity index is 0.000000687. The van der Waals surface area contributed by atoms with E-state index in [1.165, 1.54) is 25.1 Å². The van der Waals surface area contributed by atoms with Crippen molar-refractivity contribution in [3.63, 3.8) is 0 Å². The third-order valence-corrected chi connectivity index (χ3v) is 3.96. The first kappa shape index (κ1) is 21.8. The quantitative estimate of drug-likeness (QED) is 0.405. The average molecular weight is 396 g/mol. The van der Waals surface area contributed by atoms with Gasteiger partial charge in [0.15, 0.2) is 11.6 Å². The lowest BCUT2D eigenvalue weighted by molar-refractivity contribution is 0.0728. The van der Waals surface area contributed by atoms with E-state index in [9.17, 15) is 18.7 Å². The number of aryl methyl sites for hydroxylation is 2. The Morgan fingerprint density at radius 3 is 2.14 bits per heavy atom. The lowest BCUT2D eigenvalue weighted by atomic mass is 9.98. The molecule has 0 heterocycles. The van der Waals surface area contributed by atoms with Crippen LogP contribution in [0.4, 0.5) is 8.78 Å². The summed E-state index contributed by atoms with van der Waals surface area (Å²) in [6, 6.07) is 16.4. The fraction of sp³-hybridized carbons (Fsp3) is 0.125. The summed E-state index contributed by atoms with van der Waals surface area (Å²) < 4.78 is 29.6. The normalized spacial score (nSPS) is 9.97. The van der Waals surface area contributed by atoms with Gasteiger partial charge >= 0.3 is 5.97 Å². The molecule has 0 aromatic heterocycles. The van der Waals surface area contributed by atoms with E-state index < -0.39 is 11.8 Å². The first-order valence-electron chi connectivity index (χ1n) is 8.87. The standard InChI is InChI=1S/C21H17FO3.C3H5F/c1-13-10-17(11-14(2)20(13)23)15-6-5-7-16(12-15)21(24)25-19-9-4-3-8-18(19)22;1-3(2)4/h3-12,23H,1-2H3;1H2,2H3. The van der Waals surface area contributed by atoms with Gasteiger partial charge in [-0.3, -0.25) is 0 Å². The molecule has 0 bridgehead atoms. The first-order chi connectivity index (χ1) is 13.7. The number of phenolic OH excluding ortho intramolecular Hbond substituents is 1. The molecule has 0 aliphatic carbocycles. The molecule has 3 aromatic carbocycles. The van der Waals surface area contributed by atoms with Crippen molar-refractivity contribution >= 4 is 5.97 Å². The number of aromatic hydroxyl groups is 1. The van der Waals surface area contributed by atoms with Crippen molar-refractivity contribution in [3.8, 4) is 22.6 Å². The van der Waals surface area contributed by atoms with E-state index >= 15 is 0 Å². The van der Waals surface area contributed by atoms with Gasteiger partial charge in [-0.1, -0.05) is 30.8 Å². The summed E-state index contributed by atoms with van der Waals surface area (Å²) >= 11 is 0. The minimum atomic E-state index is -0.626. The molecule has 0 atom stereocenters. The summed E-state index contributed by atoms with van der Waals surface area (Å²) in [4.78, 5) is 12.3. The van der Waals surface area contributed by atoms with E-state index in [2.05, 4.69) is 6.58 Å². The second-order valence-electron chi connectivity index (χ2n) is 6.54. The topological polar surface area (TPSA) is 46.5 Å². The number of carbonyl (C=O) groups excluding carboxylic acids is 1. The van der Waals surface area contributed by atoms with Gasteiger partial charge in [0.25, 0.3) is 0 Å². The molecule has 29 heavy (non-hydrogen) atoms. The summed E-state index contributed by atoms with van der Waals surface area (Å²) in [5.74, 6) is -1.39. The van der Waals surface area contributed by atoms with Crippen molar-refractivity contribution in [1.82, 2.24) is 0 Å². The summed E-state index contributed by atoms with van der Waals surface area (Å²) in [6.07, 6.45) is 0. The zero-order valence-electron chi connectivity index (χ0n) is 16.5. The van der Waals surface area contributed by atoms with Gasteiger partial charge in [-0.25, -0.2) is 13.6 Å². The van der Waals surface area contributed by atoms with Crippen LogP contribution >= 0.6 is 0 Å². The minimum Gasteiger partial charge on any atom is -0.507 e. The summed E-state index contributed by atoms with van der Waals surface area (Å²) in [5.41, 5.74) is 3.54. The molecular formula is C24H22F2O3. The zero-order chi connectivity index (χ0) is 21.6. The maximum absolute atomic E-state index is 13.6. The Morgan fingerprint density at radius 1 is 0.966 bits per heavy atom. The van der Waals surface area contributed by atoms with Crippen molar-refractivity contribution in [2.75, 3.05) is 0 Å². The number of esters is 1. The van der Waals surface area contributed by atoms with Crippen LogP contribution in [-0.2, 0) is 0 Å². The van der Waals surface area contributed by atoms with E-state index in [4.69, 9.17) is 4.74 Å². The molecule has 150 valence electrons. The number of halogens is 2. The Labute approximate surface area is 168 Å². The molecule has 0 saturated carbocycles. The molecule has 0 fully saturated rings. The third kappa shape index (κ3) is 6.01. The highest BCUT2D eigenvalue weighted by molar-refractivity contribution is 5.92. The molecule has 3 aromatic rings. The van der Waals surface area contributed by atoms with Gasteiger partial charge in [-0.05, 0) is 79.4 Å². The van der Waals surface area contributed by atoms with Gasteiger partial charge in [0, 0.05) is 0 Å². The Morgan fingerprint density at radius 2 is 1.55 bits per heavy atom. The van der Waals surface area contributed by atoms with Crippen LogP contribution < -0.4 is 4.74 Å². The van der Waals surface area contributed by atoms with Crippen LogP contribution in [0.3, 0.4) is 0 Å². The number of benzene rings is 3. The van der Waals surface area contributed by atoms with Crippen LogP contribution in [0, 0.1) is 19.7 Å². The molecule has 0 aliphatic heterocycles. The number of hydrogen-bond donors (Lipinski definition) is 1. The number of allylic oxidation sites excluding steroid dienone is 1. The molecule has 3 nitrogen and oxygen atoms in total. The molecule has 0 unspecified atom stereocenters. The fourth-order valence-corrected chi connectivity index (χ4v) is 2.63. The number of carbonyl (C=O) groups is 1. The molecular weight excluding hydrogens is 374 g/mol. The van der Waals surface area contributed by atoms with Crippen molar-refractivity contribution in [2.45, 2.75) is 20.8 Å². The SMILES string of the molecule is C=C(C)F.Cc1cc(-c2cccc(C(=O)Oc3ccccc3F)c2)cc(C)c1O. The number of hydrogen-bond acceptors (Lipinski definition) is 3. The third-order valence-electron chi connectivity index (χ3n) is 3.96. The summed E-state index contributed by atoms with van der Waals surface area (Å²) in [6.45, 7) is 7.84. The number of para-hydroxylation sites is 1. The zero-order valence-corrected chi connectivity index (χ0v) is 16.5. The van der Waals surface area contributed by atoms with Gasteiger partial charge in [0.05, 0.1) is 11.4 Å². The molecule has 0 amide bonds. The second-order valence-corrected chi connectivity index (χ2v) is 6.54. The molecule has 0 aliphatic rings. The number of rotatable bonds is 3. The van der Waals surface area contributed by atoms with E-state index in [1.54, 1.807) is 24.3 Å². The highest BCUT2D eigenvalue weighted by Crippen LogP contribution is 2.29. The average Bonchev–Trinajstić information content (AvgIpc) is 2.67. The number of phenols is 1. The second kappa shape index (κ2) is 9.64. The van der Waals surface area contributed by atoms with E-state index in [-0.39, 0.29) is 17.3 Å². The van der Waals surface area contributed by atoms with Gasteiger partial charge in [0.1, 0.15) is 5.75 Å². The minimum absolute atomic E-state index is 0.103. The monoisotopic (exact) mass is 396 g/mol. The molecule has 0 saturated heterocycles. The van der Waals surface area contributed by atoms with Gasteiger partial charge in [-0.2, -0.15) is 0 Å². The lowest BCUT2D eigenvalue weighted by Crippen LogP contribution is -2.09. The largest absolute Gasteiger partial charge is 0.507 e. The van der Waals surface area contributed by atoms with E-state index in [1.807, 2.05) is 32.0 Å². The fourth-order valence-electron chi connectivity index (χ4n) is 2.63. The van der Waals surface area contributed by atoms with Gasteiger partial charge in [0.2, 0.25) is 0 Å². The number of ether oxygens (including phenoxy) is 1. The highest BCUT2D eigenvalue weighted by Gasteiger charge is 2.13. The Bertz CT molecular complexity index is 1010. The Kier molecular flexibility index (Phi) is 7.26. The van der Waals surface area contributed by atoms with Crippen LogP contribution in [0.1, 0.15) is 28.4 Å². The Hall–Kier alpha value is -3.47. The van der Waals surface area contributed by atoms with E-state index in [0.717, 1.165) is 22.3 Å². The van der Waals surface area contributed by atoms with Gasteiger partial charge in [-0.15, -0.1) is 0 Å². The maximum atomic E-state index is 13.6. The molecule has 1 N–H and O–H groups in total. The molecule has 0 spiro atoms. The van der Waals surface area contributed by atoms with Crippen LogP contribution in [0.2, 0.25) is 0 Å².